The maximum atomic E-state index is 13.7. The summed E-state index contributed by atoms with van der Waals surface area (Å²) in [5.74, 6) is -2.43. The molecule has 2 aliphatic rings. The second kappa shape index (κ2) is 5.74. The normalized spacial score (nSPS) is 30.1. The lowest BCUT2D eigenvalue weighted by molar-refractivity contribution is -0.312. The second-order valence-corrected chi connectivity index (χ2v) is 6.69. The van der Waals surface area contributed by atoms with Gasteiger partial charge in [-0.2, -0.15) is 23.3 Å². The Labute approximate surface area is 141 Å². The third-order valence-corrected chi connectivity index (χ3v) is 4.97. The Morgan fingerprint density at radius 3 is 2.54 bits per heavy atom. The highest BCUT2D eigenvalue weighted by Crippen LogP contribution is 2.49. The number of amides is 1. The molecule has 1 N–H and O–H groups in total. The number of carbonyl (C=O) groups excluding carboxylic acids is 1. The zero-order valence-electron chi connectivity index (χ0n) is 12.8. The van der Waals surface area contributed by atoms with Crippen LogP contribution < -0.4 is 0 Å². The van der Waals surface area contributed by atoms with Crippen LogP contribution in [0.3, 0.4) is 0 Å². The summed E-state index contributed by atoms with van der Waals surface area (Å²) in [4.78, 5) is 12.6. The van der Waals surface area contributed by atoms with Crippen molar-refractivity contribution in [3.8, 4) is 0 Å². The Bertz CT molecular complexity index is 690. The van der Waals surface area contributed by atoms with Gasteiger partial charge in [0.15, 0.2) is 0 Å². The zero-order chi connectivity index (χ0) is 17.7. The molecule has 1 aromatic carbocycles. The molecule has 3 atom stereocenters. The number of benzene rings is 1. The Hall–Kier alpha value is -1.60. The predicted molar refractivity (Wildman–Crippen MR) is 82.6 cm³/mol. The molecule has 24 heavy (non-hydrogen) atoms. The van der Waals surface area contributed by atoms with E-state index in [1.165, 1.54) is 24.3 Å². The van der Waals surface area contributed by atoms with E-state index >= 15 is 0 Å². The van der Waals surface area contributed by atoms with Gasteiger partial charge >= 0.3 is 6.18 Å². The number of rotatable bonds is 1. The fourth-order valence-corrected chi connectivity index (χ4v) is 3.54. The number of halogens is 4. The SMILES string of the molecule is C[C@@H]1CCC[C@H]2C1=NN(C(=O)c1ccc(Cl)cc1)[C@]2(O)C(F)(F)F. The Morgan fingerprint density at radius 1 is 1.33 bits per heavy atom. The highest BCUT2D eigenvalue weighted by atomic mass is 35.5. The molecule has 1 aliphatic heterocycles. The van der Waals surface area contributed by atoms with Gasteiger partial charge in [0.2, 0.25) is 0 Å². The Balaban J connectivity index is 2.06. The summed E-state index contributed by atoms with van der Waals surface area (Å²) < 4.78 is 41.1. The minimum Gasteiger partial charge on any atom is -0.362 e. The first-order chi connectivity index (χ1) is 11.2. The first kappa shape index (κ1) is 17.2. The lowest BCUT2D eigenvalue weighted by Crippen LogP contribution is -2.61. The van der Waals surface area contributed by atoms with E-state index < -0.39 is 23.7 Å². The van der Waals surface area contributed by atoms with E-state index in [0.717, 1.165) is 0 Å². The van der Waals surface area contributed by atoms with Gasteiger partial charge in [0, 0.05) is 16.3 Å². The maximum absolute atomic E-state index is 13.7. The highest BCUT2D eigenvalue weighted by Gasteiger charge is 2.69. The lowest BCUT2D eigenvalue weighted by Gasteiger charge is -2.39. The van der Waals surface area contributed by atoms with Crippen molar-refractivity contribution >= 4 is 23.2 Å². The Morgan fingerprint density at radius 2 is 1.96 bits per heavy atom. The molecule has 1 saturated carbocycles. The number of hydrazone groups is 1. The van der Waals surface area contributed by atoms with Crippen molar-refractivity contribution in [2.45, 2.75) is 38.1 Å². The highest BCUT2D eigenvalue weighted by molar-refractivity contribution is 6.30. The van der Waals surface area contributed by atoms with Crippen LogP contribution in [0.4, 0.5) is 13.2 Å². The van der Waals surface area contributed by atoms with E-state index in [9.17, 15) is 23.1 Å². The van der Waals surface area contributed by atoms with E-state index in [4.69, 9.17) is 11.6 Å². The van der Waals surface area contributed by atoms with E-state index in [0.29, 0.717) is 17.9 Å². The summed E-state index contributed by atoms with van der Waals surface area (Å²) in [7, 11) is 0. The lowest BCUT2D eigenvalue weighted by atomic mass is 9.75. The van der Waals surface area contributed by atoms with Crippen LogP contribution in [-0.4, -0.2) is 33.6 Å². The van der Waals surface area contributed by atoms with Gasteiger partial charge in [0.05, 0.1) is 5.92 Å². The third-order valence-electron chi connectivity index (χ3n) is 4.72. The summed E-state index contributed by atoms with van der Waals surface area (Å²) in [6.07, 6.45) is -3.63. The first-order valence-corrected chi connectivity index (χ1v) is 8.01. The van der Waals surface area contributed by atoms with Crippen molar-refractivity contribution < 1.29 is 23.1 Å². The van der Waals surface area contributed by atoms with Gasteiger partial charge in [-0.3, -0.25) is 4.79 Å². The van der Waals surface area contributed by atoms with Crippen molar-refractivity contribution in [1.29, 1.82) is 0 Å². The van der Waals surface area contributed by atoms with Crippen LogP contribution in [0.1, 0.15) is 36.5 Å². The van der Waals surface area contributed by atoms with Gasteiger partial charge in [-0.25, -0.2) is 0 Å². The van der Waals surface area contributed by atoms with Gasteiger partial charge in [-0.15, -0.1) is 0 Å². The van der Waals surface area contributed by atoms with Crippen molar-refractivity contribution in [2.24, 2.45) is 16.9 Å². The largest absolute Gasteiger partial charge is 0.439 e. The maximum Gasteiger partial charge on any atom is 0.439 e. The molecule has 1 fully saturated rings. The molecule has 0 unspecified atom stereocenters. The molecule has 0 radical (unpaired) electrons. The average Bonchev–Trinajstić information content (AvgIpc) is 2.83. The molecule has 3 rings (SSSR count). The third kappa shape index (κ3) is 2.50. The Kier molecular flexibility index (Phi) is 4.12. The predicted octanol–water partition coefficient (Wildman–Crippen LogP) is 3.84. The number of fused-ring (bicyclic) bond motifs is 1. The van der Waals surface area contributed by atoms with Crippen LogP contribution >= 0.6 is 11.6 Å². The van der Waals surface area contributed by atoms with E-state index in [1.807, 2.05) is 0 Å². The molecule has 1 aromatic rings. The molecule has 4 nitrogen and oxygen atoms in total. The van der Waals surface area contributed by atoms with Crippen LogP contribution in [0, 0.1) is 11.8 Å². The fourth-order valence-electron chi connectivity index (χ4n) is 3.42. The minimum absolute atomic E-state index is 0.0160. The summed E-state index contributed by atoms with van der Waals surface area (Å²) in [6, 6.07) is 5.43. The summed E-state index contributed by atoms with van der Waals surface area (Å²) in [6.45, 7) is 1.76. The van der Waals surface area contributed by atoms with Crippen LogP contribution in [0.2, 0.25) is 5.02 Å². The summed E-state index contributed by atoms with van der Waals surface area (Å²) in [5.41, 5.74) is -3.09. The fraction of sp³-hybridized carbons (Fsp3) is 0.500. The van der Waals surface area contributed by atoms with Crippen LogP contribution in [0.25, 0.3) is 0 Å². The van der Waals surface area contributed by atoms with Crippen LogP contribution in [0.5, 0.6) is 0 Å². The van der Waals surface area contributed by atoms with Gasteiger partial charge < -0.3 is 5.11 Å². The number of nitrogens with zero attached hydrogens (tertiary/aromatic N) is 2. The molecule has 130 valence electrons. The summed E-state index contributed by atoms with van der Waals surface area (Å²) in [5, 5.41) is 15.0. The molecule has 8 heteroatoms. The van der Waals surface area contributed by atoms with Gasteiger partial charge in [0.1, 0.15) is 0 Å². The van der Waals surface area contributed by atoms with E-state index in [1.54, 1.807) is 6.92 Å². The quantitative estimate of drug-likeness (QED) is 0.827. The van der Waals surface area contributed by atoms with Crippen molar-refractivity contribution in [1.82, 2.24) is 5.01 Å². The minimum atomic E-state index is -5.01. The number of carbonyl (C=O) groups is 1. The van der Waals surface area contributed by atoms with Gasteiger partial charge in [0.25, 0.3) is 11.6 Å². The molecule has 1 aliphatic carbocycles. The van der Waals surface area contributed by atoms with E-state index in [2.05, 4.69) is 5.10 Å². The zero-order valence-corrected chi connectivity index (χ0v) is 13.6. The number of aliphatic hydroxyl groups is 1. The number of hydrogen-bond donors (Lipinski definition) is 1. The first-order valence-electron chi connectivity index (χ1n) is 7.64. The summed E-state index contributed by atoms with van der Waals surface area (Å²) >= 11 is 5.74. The molecule has 0 aromatic heterocycles. The van der Waals surface area contributed by atoms with E-state index in [-0.39, 0.29) is 28.6 Å². The standard InChI is InChI=1S/C16H16ClF3N2O2/c1-9-3-2-4-12-13(9)21-22(15(12,24)16(18,19)20)14(23)10-5-7-11(17)8-6-10/h5-9,12,24H,2-4H2,1H3/t9-,12+,15-/m1/s1. The molecular weight excluding hydrogens is 345 g/mol. The number of alkyl halides is 3. The van der Waals surface area contributed by atoms with Crippen LogP contribution in [-0.2, 0) is 0 Å². The molecule has 0 bridgehead atoms. The molecule has 1 heterocycles. The molecule has 1 amide bonds. The monoisotopic (exact) mass is 360 g/mol. The van der Waals surface area contributed by atoms with Gasteiger partial charge in [-0.05, 0) is 43.0 Å². The molecule has 0 saturated heterocycles. The van der Waals surface area contributed by atoms with Crippen molar-refractivity contribution in [3.05, 3.63) is 34.9 Å². The topological polar surface area (TPSA) is 52.9 Å². The smallest absolute Gasteiger partial charge is 0.362 e. The van der Waals surface area contributed by atoms with Crippen molar-refractivity contribution in [3.63, 3.8) is 0 Å². The average molecular weight is 361 g/mol. The van der Waals surface area contributed by atoms with Crippen molar-refractivity contribution in [2.75, 3.05) is 0 Å². The molecular formula is C16H16ClF3N2O2. The second-order valence-electron chi connectivity index (χ2n) is 6.26. The van der Waals surface area contributed by atoms with Crippen LogP contribution in [0.15, 0.2) is 29.4 Å². The van der Waals surface area contributed by atoms with Gasteiger partial charge in [-0.1, -0.05) is 24.9 Å². The number of hydrogen-bond acceptors (Lipinski definition) is 3. The molecule has 0 spiro atoms.